The van der Waals surface area contributed by atoms with Gasteiger partial charge in [-0.2, -0.15) is 4.98 Å². The lowest BCUT2D eigenvalue weighted by Gasteiger charge is -2.37. The van der Waals surface area contributed by atoms with Crippen molar-refractivity contribution >= 4 is 17.7 Å². The first-order valence-corrected chi connectivity index (χ1v) is 10.7. The Bertz CT molecular complexity index is 1080. The number of nitrogens with one attached hydrogen (secondary N) is 1. The number of nitrogens with zero attached hydrogens (tertiary/aromatic N) is 3. The highest BCUT2D eigenvalue weighted by Gasteiger charge is 2.67. The fourth-order valence-electron chi connectivity index (χ4n) is 5.69. The molecule has 8 nitrogen and oxygen atoms in total. The second-order valence-corrected chi connectivity index (χ2v) is 9.07. The predicted octanol–water partition coefficient (Wildman–Crippen LogP) is 1.71. The van der Waals surface area contributed by atoms with Crippen LogP contribution in [0.4, 0.5) is 0 Å². The summed E-state index contributed by atoms with van der Waals surface area (Å²) in [5.74, 6) is 0.720. The molecule has 0 radical (unpaired) electrons. The van der Waals surface area contributed by atoms with E-state index >= 15 is 0 Å². The SMILES string of the molecule is Cc1ccc(-c2noc(CNC(=O)CN3C(=O)C4C5C=CC(C6CC56)C4C3=O)n2)cc1. The van der Waals surface area contributed by atoms with Crippen molar-refractivity contribution in [1.29, 1.82) is 0 Å². The molecule has 2 saturated carbocycles. The molecule has 2 aromatic rings. The van der Waals surface area contributed by atoms with Crippen LogP contribution in [0.2, 0.25) is 0 Å². The maximum Gasteiger partial charge on any atom is 0.246 e. The standard InChI is InChI=1S/C23H22N4O4/c1-11-2-4-12(5-3-11)21-25-18(31-26-21)9-24-17(28)10-27-22(29)19-13-6-7-14(16-8-15(13)16)20(19)23(27)30/h2-7,13-16,19-20H,8-10H2,1H3,(H,24,28). The average molecular weight is 418 g/mol. The third kappa shape index (κ3) is 2.85. The first kappa shape index (κ1) is 18.5. The van der Waals surface area contributed by atoms with Crippen molar-refractivity contribution in [2.24, 2.45) is 35.5 Å². The van der Waals surface area contributed by atoms with Gasteiger partial charge in [0.05, 0.1) is 18.4 Å². The van der Waals surface area contributed by atoms with Crippen molar-refractivity contribution in [1.82, 2.24) is 20.4 Å². The molecule has 0 spiro atoms. The van der Waals surface area contributed by atoms with Crippen molar-refractivity contribution in [2.75, 3.05) is 6.54 Å². The molecule has 3 amide bonds. The molecule has 158 valence electrons. The molecule has 1 aliphatic heterocycles. The number of rotatable bonds is 5. The van der Waals surface area contributed by atoms with Gasteiger partial charge in [-0.1, -0.05) is 47.1 Å². The smallest absolute Gasteiger partial charge is 0.246 e. The van der Waals surface area contributed by atoms with Gasteiger partial charge in [0.15, 0.2) is 0 Å². The summed E-state index contributed by atoms with van der Waals surface area (Å²) in [6.07, 6.45) is 5.36. The molecule has 31 heavy (non-hydrogen) atoms. The third-order valence-electron chi connectivity index (χ3n) is 7.27. The minimum atomic E-state index is -0.416. The summed E-state index contributed by atoms with van der Waals surface area (Å²) >= 11 is 0. The number of amides is 3. The molecule has 1 N–H and O–H groups in total. The normalized spacial score (nSPS) is 32.2. The lowest BCUT2D eigenvalue weighted by Crippen LogP contribution is -2.41. The summed E-state index contributed by atoms with van der Waals surface area (Å²) in [5.41, 5.74) is 1.95. The second kappa shape index (κ2) is 6.60. The maximum atomic E-state index is 12.9. The van der Waals surface area contributed by atoms with E-state index in [4.69, 9.17) is 4.52 Å². The molecule has 2 heterocycles. The molecule has 5 aliphatic rings. The zero-order chi connectivity index (χ0) is 21.3. The summed E-state index contributed by atoms with van der Waals surface area (Å²) in [5, 5.41) is 6.62. The Morgan fingerprint density at radius 3 is 2.39 bits per heavy atom. The van der Waals surface area contributed by atoms with Gasteiger partial charge >= 0.3 is 0 Å². The Morgan fingerprint density at radius 1 is 1.10 bits per heavy atom. The van der Waals surface area contributed by atoms with E-state index in [1.807, 2.05) is 31.2 Å². The number of hydrogen-bond acceptors (Lipinski definition) is 6. The highest BCUT2D eigenvalue weighted by molar-refractivity contribution is 6.08. The van der Waals surface area contributed by atoms with Gasteiger partial charge in [-0.25, -0.2) is 0 Å². The number of imide groups is 1. The molecule has 6 atom stereocenters. The molecule has 2 bridgehead atoms. The van der Waals surface area contributed by atoms with Gasteiger partial charge in [0.2, 0.25) is 29.4 Å². The van der Waals surface area contributed by atoms with Crippen LogP contribution in [0, 0.1) is 42.4 Å². The highest BCUT2D eigenvalue weighted by atomic mass is 16.5. The Morgan fingerprint density at radius 2 is 1.74 bits per heavy atom. The van der Waals surface area contributed by atoms with Crippen LogP contribution in [0.15, 0.2) is 40.9 Å². The summed E-state index contributed by atoms with van der Waals surface area (Å²) in [6, 6.07) is 7.72. The van der Waals surface area contributed by atoms with Crippen LogP contribution in [-0.2, 0) is 20.9 Å². The quantitative estimate of drug-likeness (QED) is 0.585. The monoisotopic (exact) mass is 418 g/mol. The van der Waals surface area contributed by atoms with Crippen molar-refractivity contribution in [2.45, 2.75) is 19.9 Å². The highest BCUT2D eigenvalue weighted by Crippen LogP contribution is 2.65. The molecule has 1 aromatic heterocycles. The molecule has 7 rings (SSSR count). The molecular weight excluding hydrogens is 396 g/mol. The van der Waals surface area contributed by atoms with Gasteiger partial charge in [0, 0.05) is 5.56 Å². The Balaban J connectivity index is 1.09. The zero-order valence-corrected chi connectivity index (χ0v) is 17.0. The van der Waals surface area contributed by atoms with Gasteiger partial charge in [0.1, 0.15) is 6.54 Å². The molecule has 1 saturated heterocycles. The molecule has 6 unspecified atom stereocenters. The first-order valence-electron chi connectivity index (χ1n) is 10.7. The van der Waals surface area contributed by atoms with Crippen molar-refractivity contribution < 1.29 is 18.9 Å². The van der Waals surface area contributed by atoms with Gasteiger partial charge < -0.3 is 9.84 Å². The van der Waals surface area contributed by atoms with Crippen LogP contribution >= 0.6 is 0 Å². The first-order chi connectivity index (χ1) is 15.0. The van der Waals surface area contributed by atoms with Crippen molar-refractivity contribution in [3.8, 4) is 11.4 Å². The number of benzene rings is 1. The van der Waals surface area contributed by atoms with Crippen molar-refractivity contribution in [3.05, 3.63) is 47.9 Å². The number of carbonyl (C=O) groups is 3. The Labute approximate surface area is 178 Å². The Kier molecular flexibility index (Phi) is 3.94. The fourth-order valence-corrected chi connectivity index (χ4v) is 5.69. The molecular formula is C23H22N4O4. The van der Waals surface area contributed by atoms with Crippen LogP contribution in [0.5, 0.6) is 0 Å². The lowest BCUT2D eigenvalue weighted by molar-refractivity contribution is -0.143. The van der Waals surface area contributed by atoms with Crippen LogP contribution < -0.4 is 5.32 Å². The lowest BCUT2D eigenvalue weighted by atomic mass is 9.63. The van der Waals surface area contributed by atoms with Gasteiger partial charge in [-0.15, -0.1) is 0 Å². The van der Waals surface area contributed by atoms with E-state index in [-0.39, 0.29) is 54.5 Å². The maximum absolute atomic E-state index is 12.9. The minimum absolute atomic E-state index is 0.0394. The number of hydrogen-bond donors (Lipinski definition) is 1. The molecule has 3 fully saturated rings. The number of aromatic nitrogens is 2. The van der Waals surface area contributed by atoms with Gasteiger partial charge in [-0.3, -0.25) is 19.3 Å². The number of allylic oxidation sites excluding steroid dienone is 2. The van der Waals surface area contributed by atoms with Crippen molar-refractivity contribution in [3.63, 3.8) is 0 Å². The summed E-state index contributed by atoms with van der Waals surface area (Å²) in [4.78, 5) is 43.8. The Hall–Kier alpha value is -3.29. The molecule has 4 aliphatic carbocycles. The number of likely N-dealkylation sites (tertiary alicyclic amines) is 1. The van der Waals surface area contributed by atoms with Crippen LogP contribution in [0.1, 0.15) is 17.9 Å². The van der Waals surface area contributed by atoms with E-state index in [0.29, 0.717) is 17.7 Å². The molecule has 8 heteroatoms. The number of aryl methyl sites for hydroxylation is 1. The topological polar surface area (TPSA) is 105 Å². The van der Waals surface area contributed by atoms with Gasteiger partial charge in [0.25, 0.3) is 0 Å². The largest absolute Gasteiger partial charge is 0.345 e. The van der Waals surface area contributed by atoms with Gasteiger partial charge in [-0.05, 0) is 37.0 Å². The number of carbonyl (C=O) groups excluding carboxylic acids is 3. The van der Waals surface area contributed by atoms with Crippen LogP contribution in [-0.4, -0.2) is 39.3 Å². The summed E-state index contributed by atoms with van der Waals surface area (Å²) in [7, 11) is 0. The van der Waals surface area contributed by atoms with E-state index in [0.717, 1.165) is 22.4 Å². The van der Waals surface area contributed by atoms with E-state index < -0.39 is 5.91 Å². The van der Waals surface area contributed by atoms with Crippen LogP contribution in [0.3, 0.4) is 0 Å². The zero-order valence-electron chi connectivity index (χ0n) is 17.0. The van der Waals surface area contributed by atoms with E-state index in [1.54, 1.807) is 0 Å². The summed E-state index contributed by atoms with van der Waals surface area (Å²) < 4.78 is 5.21. The molecule has 1 aromatic carbocycles. The third-order valence-corrected chi connectivity index (χ3v) is 7.27. The van der Waals surface area contributed by atoms with E-state index in [9.17, 15) is 14.4 Å². The second-order valence-electron chi connectivity index (χ2n) is 9.07. The summed E-state index contributed by atoms with van der Waals surface area (Å²) in [6.45, 7) is 1.77. The minimum Gasteiger partial charge on any atom is -0.345 e. The average Bonchev–Trinajstić information content (AvgIpc) is 3.41. The van der Waals surface area contributed by atoms with Crippen LogP contribution in [0.25, 0.3) is 11.4 Å². The predicted molar refractivity (Wildman–Crippen MR) is 108 cm³/mol. The van der Waals surface area contributed by atoms with E-state index in [2.05, 4.69) is 27.6 Å². The van der Waals surface area contributed by atoms with E-state index in [1.165, 1.54) is 0 Å². The fraction of sp³-hybridized carbons (Fsp3) is 0.435.